The van der Waals surface area contributed by atoms with E-state index >= 15 is 0 Å². The quantitative estimate of drug-likeness (QED) is 0.333. The largest absolute Gasteiger partial charge is 0.299 e. The number of carbonyl (C=O) groups is 2. The van der Waals surface area contributed by atoms with Crippen LogP contribution >= 0.6 is 0 Å². The van der Waals surface area contributed by atoms with E-state index in [1.807, 2.05) is 13.8 Å². The molecule has 0 bridgehead atoms. The first-order valence-corrected chi connectivity index (χ1v) is 5.98. The van der Waals surface area contributed by atoms with Gasteiger partial charge in [-0.3, -0.25) is 19.7 Å². The molecule has 1 rings (SSSR count). The third-order valence-electron chi connectivity index (χ3n) is 3.37. The van der Waals surface area contributed by atoms with Crippen molar-refractivity contribution in [2.75, 3.05) is 0 Å². The van der Waals surface area contributed by atoms with E-state index < -0.39 is 16.9 Å². The minimum Gasteiger partial charge on any atom is -0.299 e. The summed E-state index contributed by atoms with van der Waals surface area (Å²) >= 11 is 0. The first-order chi connectivity index (χ1) is 8.14. The molecule has 1 fully saturated rings. The Hall–Kier alpha value is -1.52. The average molecular weight is 253 g/mol. The van der Waals surface area contributed by atoms with Crippen LogP contribution in [0.4, 0.5) is 0 Å². The Morgan fingerprint density at radius 2 is 1.89 bits per heavy atom. The van der Waals surface area contributed by atoms with Crippen LogP contribution in [0.15, 0.2) is 12.2 Å². The number of carbonyl (C=O) groups excluding carboxylic acids is 2. The lowest BCUT2D eigenvalue weighted by atomic mass is 9.70. The zero-order valence-corrected chi connectivity index (χ0v) is 11.1. The smallest absolute Gasteiger partial charge is 0.234 e. The molecule has 5 nitrogen and oxygen atoms in total. The van der Waals surface area contributed by atoms with Crippen molar-refractivity contribution in [2.24, 2.45) is 11.3 Å². The first-order valence-electron chi connectivity index (χ1n) is 5.98. The van der Waals surface area contributed by atoms with Gasteiger partial charge in [-0.25, -0.2) is 0 Å². The van der Waals surface area contributed by atoms with Gasteiger partial charge in [-0.1, -0.05) is 20.4 Å². The zero-order valence-electron chi connectivity index (χ0n) is 11.1. The minimum absolute atomic E-state index is 0.0456. The number of Topliss-reactive ketones (excluding diaryl/α,β-unsaturated/α-hetero) is 2. The van der Waals surface area contributed by atoms with Gasteiger partial charge in [-0.2, -0.15) is 0 Å². The molecule has 5 heteroatoms. The van der Waals surface area contributed by atoms with Crippen LogP contribution in [-0.2, 0) is 9.59 Å². The van der Waals surface area contributed by atoms with Gasteiger partial charge in [-0.05, 0) is 17.9 Å². The Labute approximate surface area is 106 Å². The molecule has 0 aromatic rings. The average Bonchev–Trinajstić information content (AvgIpc) is 2.12. The molecule has 0 N–H and O–H groups in total. The third-order valence-corrected chi connectivity index (χ3v) is 3.37. The molecule has 0 aromatic heterocycles. The fourth-order valence-electron chi connectivity index (χ4n) is 2.39. The predicted octanol–water partition coefficient (Wildman–Crippen LogP) is 2.17. The van der Waals surface area contributed by atoms with Crippen molar-refractivity contribution >= 4 is 11.6 Å². The number of ketones is 2. The lowest BCUT2D eigenvalue weighted by Gasteiger charge is -2.32. The molecule has 1 aliphatic rings. The lowest BCUT2D eigenvalue weighted by molar-refractivity contribution is -0.513. The SMILES string of the molecule is C=C(C)C(CC1C(=O)CC(C)(C)CC1=O)[N+](=O)[O-]. The molecule has 0 saturated heterocycles. The number of hydrogen-bond donors (Lipinski definition) is 0. The van der Waals surface area contributed by atoms with Crippen molar-refractivity contribution in [3.05, 3.63) is 22.3 Å². The highest BCUT2D eigenvalue weighted by atomic mass is 16.6. The molecule has 0 radical (unpaired) electrons. The van der Waals surface area contributed by atoms with Gasteiger partial charge < -0.3 is 0 Å². The standard InChI is InChI=1S/C13H19NO4/c1-8(2)10(14(17)18)5-9-11(15)6-13(3,4)7-12(9)16/h9-10H,1,5-7H2,2-4H3. The van der Waals surface area contributed by atoms with Crippen molar-refractivity contribution in [3.63, 3.8) is 0 Å². The highest BCUT2D eigenvalue weighted by Crippen LogP contribution is 2.36. The summed E-state index contributed by atoms with van der Waals surface area (Å²) in [6.07, 6.45) is 0.574. The summed E-state index contributed by atoms with van der Waals surface area (Å²) in [6.45, 7) is 8.84. The Bertz CT molecular complexity index is 377. The molecule has 1 aliphatic carbocycles. The van der Waals surface area contributed by atoms with Gasteiger partial charge >= 0.3 is 0 Å². The van der Waals surface area contributed by atoms with Gasteiger partial charge in [0.05, 0.1) is 5.92 Å². The Morgan fingerprint density at radius 1 is 1.44 bits per heavy atom. The number of nitrogens with zero attached hydrogens (tertiary/aromatic N) is 1. The molecule has 0 spiro atoms. The second kappa shape index (κ2) is 5.00. The fraction of sp³-hybridized carbons (Fsp3) is 0.692. The van der Waals surface area contributed by atoms with E-state index in [0.717, 1.165) is 0 Å². The molecule has 1 saturated carbocycles. The highest BCUT2D eigenvalue weighted by molar-refractivity contribution is 6.05. The van der Waals surface area contributed by atoms with E-state index in [2.05, 4.69) is 6.58 Å². The van der Waals surface area contributed by atoms with Crippen LogP contribution in [-0.4, -0.2) is 22.5 Å². The minimum atomic E-state index is -1.01. The lowest BCUT2D eigenvalue weighted by Crippen LogP contribution is -2.40. The predicted molar refractivity (Wildman–Crippen MR) is 66.7 cm³/mol. The van der Waals surface area contributed by atoms with Crippen molar-refractivity contribution < 1.29 is 14.5 Å². The van der Waals surface area contributed by atoms with Gasteiger partial charge in [-0.15, -0.1) is 0 Å². The fourth-order valence-corrected chi connectivity index (χ4v) is 2.39. The van der Waals surface area contributed by atoms with E-state index in [1.165, 1.54) is 0 Å². The van der Waals surface area contributed by atoms with Gasteiger partial charge in [0.25, 0.3) is 0 Å². The maximum absolute atomic E-state index is 11.9. The van der Waals surface area contributed by atoms with Crippen LogP contribution in [0.2, 0.25) is 0 Å². The summed E-state index contributed by atoms with van der Waals surface area (Å²) in [5.41, 5.74) is 0.0586. The molecule has 0 aromatic carbocycles. The van der Waals surface area contributed by atoms with Crippen LogP contribution in [0.1, 0.15) is 40.0 Å². The number of hydrogen-bond acceptors (Lipinski definition) is 4. The summed E-state index contributed by atoms with van der Waals surface area (Å²) in [7, 11) is 0. The van der Waals surface area contributed by atoms with Crippen LogP contribution in [0.25, 0.3) is 0 Å². The van der Waals surface area contributed by atoms with Crippen LogP contribution in [0, 0.1) is 21.4 Å². The molecule has 0 amide bonds. The normalized spacial score (nSPS) is 21.7. The van der Waals surface area contributed by atoms with Gasteiger partial charge in [0.15, 0.2) is 0 Å². The molecule has 0 heterocycles. The molecule has 0 aliphatic heterocycles. The third kappa shape index (κ3) is 3.24. The Balaban J connectivity index is 2.84. The van der Waals surface area contributed by atoms with Gasteiger partial charge in [0, 0.05) is 24.2 Å². The summed E-state index contributed by atoms with van der Waals surface area (Å²) in [4.78, 5) is 34.3. The maximum atomic E-state index is 11.9. The Morgan fingerprint density at radius 3 is 2.22 bits per heavy atom. The molecule has 18 heavy (non-hydrogen) atoms. The van der Waals surface area contributed by atoms with Crippen LogP contribution < -0.4 is 0 Å². The van der Waals surface area contributed by atoms with E-state index in [1.54, 1.807) is 6.92 Å². The highest BCUT2D eigenvalue weighted by Gasteiger charge is 2.42. The number of nitro groups is 1. The van der Waals surface area contributed by atoms with Crippen molar-refractivity contribution in [2.45, 2.75) is 46.1 Å². The van der Waals surface area contributed by atoms with Crippen molar-refractivity contribution in [1.29, 1.82) is 0 Å². The summed E-state index contributed by atoms with van der Waals surface area (Å²) < 4.78 is 0. The van der Waals surface area contributed by atoms with Gasteiger partial charge in [0.2, 0.25) is 6.04 Å². The molecule has 1 atom stereocenters. The summed E-state index contributed by atoms with van der Waals surface area (Å²) in [5, 5.41) is 10.9. The van der Waals surface area contributed by atoms with Gasteiger partial charge in [0.1, 0.15) is 11.6 Å². The van der Waals surface area contributed by atoms with Crippen molar-refractivity contribution in [3.8, 4) is 0 Å². The second-order valence-electron chi connectivity index (χ2n) is 5.89. The molecular formula is C13H19NO4. The van der Waals surface area contributed by atoms with E-state index in [0.29, 0.717) is 18.4 Å². The second-order valence-corrected chi connectivity index (χ2v) is 5.89. The molecule has 100 valence electrons. The topological polar surface area (TPSA) is 77.3 Å². The van der Waals surface area contributed by atoms with E-state index in [4.69, 9.17) is 0 Å². The number of rotatable bonds is 4. The van der Waals surface area contributed by atoms with Crippen LogP contribution in [0.5, 0.6) is 0 Å². The summed E-state index contributed by atoms with van der Waals surface area (Å²) in [6, 6.07) is -1.01. The van der Waals surface area contributed by atoms with Crippen molar-refractivity contribution in [1.82, 2.24) is 0 Å². The molecule has 1 unspecified atom stereocenters. The monoisotopic (exact) mass is 253 g/mol. The van der Waals surface area contributed by atoms with E-state index in [-0.39, 0.29) is 23.4 Å². The first kappa shape index (κ1) is 14.5. The summed E-state index contributed by atoms with van der Waals surface area (Å²) in [5.74, 6) is -1.18. The zero-order chi connectivity index (χ0) is 14.1. The van der Waals surface area contributed by atoms with Crippen LogP contribution in [0.3, 0.4) is 0 Å². The molecular weight excluding hydrogens is 234 g/mol. The Kier molecular flexibility index (Phi) is 4.04. The van der Waals surface area contributed by atoms with E-state index in [9.17, 15) is 19.7 Å². The maximum Gasteiger partial charge on any atom is 0.234 e.